The zero-order chi connectivity index (χ0) is 23.8. The Bertz CT molecular complexity index is 743. The molecule has 1 atom stereocenters. The number of aromatic nitrogens is 2. The zero-order valence-corrected chi connectivity index (χ0v) is 21.3. The first-order valence-corrected chi connectivity index (χ1v) is 13.3. The monoisotopic (exact) mass is 456 g/mol. The minimum atomic E-state index is -1.64. The Balaban J connectivity index is 1.73. The van der Waals surface area contributed by atoms with Gasteiger partial charge in [0.1, 0.15) is 5.75 Å². The Morgan fingerprint density at radius 2 is 1.24 bits per heavy atom. The van der Waals surface area contributed by atoms with E-state index in [1.54, 1.807) is 0 Å². The summed E-state index contributed by atoms with van der Waals surface area (Å²) in [6.07, 6.45) is 21.4. The van der Waals surface area contributed by atoms with Crippen LogP contribution in [0.2, 0.25) is 0 Å². The fourth-order valence-electron chi connectivity index (χ4n) is 4.11. The number of hydrogen-bond donors (Lipinski definition) is 0. The fourth-order valence-corrected chi connectivity index (χ4v) is 4.11. The number of nitrogens with zero attached hydrogens (tertiary/aromatic N) is 2. The van der Waals surface area contributed by atoms with Gasteiger partial charge in [0.15, 0.2) is 5.82 Å². The average Bonchev–Trinajstić information content (AvgIpc) is 2.81. The van der Waals surface area contributed by atoms with Crippen LogP contribution in [0.1, 0.15) is 116 Å². The van der Waals surface area contributed by atoms with E-state index in [0.717, 1.165) is 24.8 Å². The van der Waals surface area contributed by atoms with Gasteiger partial charge in [-0.25, -0.2) is 9.97 Å². The molecule has 184 valence electrons. The predicted molar refractivity (Wildman–Crippen MR) is 137 cm³/mol. The second-order valence-corrected chi connectivity index (χ2v) is 9.53. The summed E-state index contributed by atoms with van der Waals surface area (Å²) >= 11 is 0. The number of alkyl halides is 1. The number of halogens is 1. The minimum absolute atomic E-state index is 0.419. The highest BCUT2D eigenvalue weighted by Gasteiger charge is 2.24. The number of unbranched alkanes of at least 4 members (excludes halogenated alkanes) is 11. The molecule has 2 rings (SSSR count). The number of ether oxygens (including phenoxy) is 1. The smallest absolute Gasteiger partial charge is 0.245 e. The minimum Gasteiger partial charge on any atom is -0.458 e. The van der Waals surface area contributed by atoms with Gasteiger partial charge in [0.25, 0.3) is 0 Å². The molecule has 1 aromatic heterocycles. The van der Waals surface area contributed by atoms with Crippen molar-refractivity contribution in [3.8, 4) is 17.1 Å². The lowest BCUT2D eigenvalue weighted by molar-refractivity contribution is -0.0530. The molecule has 0 aliphatic heterocycles. The van der Waals surface area contributed by atoms with E-state index in [2.05, 4.69) is 23.8 Å². The maximum atomic E-state index is 14.7. The summed E-state index contributed by atoms with van der Waals surface area (Å²) < 4.78 is 20.3. The van der Waals surface area contributed by atoms with Crippen molar-refractivity contribution in [3.05, 3.63) is 42.2 Å². The van der Waals surface area contributed by atoms with Gasteiger partial charge in [0.05, 0.1) is 0 Å². The fraction of sp³-hybridized carbons (Fsp3) is 0.655. The maximum absolute atomic E-state index is 14.7. The molecule has 0 radical (unpaired) electrons. The van der Waals surface area contributed by atoms with Crippen LogP contribution in [0.5, 0.6) is 5.75 Å². The molecule has 0 aliphatic rings. The quantitative estimate of drug-likeness (QED) is 0.210. The Labute approximate surface area is 201 Å². The second-order valence-electron chi connectivity index (χ2n) is 9.53. The van der Waals surface area contributed by atoms with E-state index >= 15 is 0 Å². The summed E-state index contributed by atoms with van der Waals surface area (Å²) in [6, 6.07) is 7.42. The van der Waals surface area contributed by atoms with E-state index in [1.807, 2.05) is 36.7 Å². The van der Waals surface area contributed by atoms with Crippen molar-refractivity contribution in [1.29, 1.82) is 0 Å². The van der Waals surface area contributed by atoms with Gasteiger partial charge < -0.3 is 4.74 Å². The summed E-state index contributed by atoms with van der Waals surface area (Å²) in [4.78, 5) is 9.08. The van der Waals surface area contributed by atoms with E-state index in [1.165, 1.54) is 83.1 Å². The van der Waals surface area contributed by atoms with Crippen LogP contribution in [0.3, 0.4) is 0 Å². The van der Waals surface area contributed by atoms with E-state index in [9.17, 15) is 4.39 Å². The van der Waals surface area contributed by atoms with Gasteiger partial charge in [-0.3, -0.25) is 0 Å². The van der Waals surface area contributed by atoms with Crippen molar-refractivity contribution in [2.24, 2.45) is 0 Å². The van der Waals surface area contributed by atoms with Crippen LogP contribution in [-0.2, 0) is 6.42 Å². The summed E-state index contributed by atoms with van der Waals surface area (Å²) in [6.45, 7) is 5.97. The molecule has 3 nitrogen and oxygen atoms in total. The number of aryl methyl sites for hydroxylation is 1. The van der Waals surface area contributed by atoms with Gasteiger partial charge in [-0.05, 0) is 49.1 Å². The Kier molecular flexibility index (Phi) is 13.1. The highest BCUT2D eigenvalue weighted by atomic mass is 19.2. The third kappa shape index (κ3) is 11.6. The molecule has 1 unspecified atom stereocenters. The molecule has 2 aromatic rings. The molecule has 0 saturated carbocycles. The Morgan fingerprint density at radius 3 is 1.82 bits per heavy atom. The van der Waals surface area contributed by atoms with Crippen LogP contribution >= 0.6 is 0 Å². The molecule has 0 spiro atoms. The first-order valence-electron chi connectivity index (χ1n) is 13.3. The molecular weight excluding hydrogens is 411 g/mol. The van der Waals surface area contributed by atoms with E-state index in [-0.39, 0.29) is 0 Å². The first kappa shape index (κ1) is 27.3. The highest BCUT2D eigenvalue weighted by Crippen LogP contribution is 2.27. The highest BCUT2D eigenvalue weighted by molar-refractivity contribution is 5.55. The van der Waals surface area contributed by atoms with E-state index < -0.39 is 5.85 Å². The van der Waals surface area contributed by atoms with E-state index in [4.69, 9.17) is 4.74 Å². The summed E-state index contributed by atoms with van der Waals surface area (Å²) in [5.41, 5.74) is 2.11. The summed E-state index contributed by atoms with van der Waals surface area (Å²) in [5, 5.41) is 0. The first-order chi connectivity index (χ1) is 16.0. The molecule has 0 saturated heterocycles. The van der Waals surface area contributed by atoms with Crippen molar-refractivity contribution >= 4 is 0 Å². The molecule has 0 bridgehead atoms. The van der Waals surface area contributed by atoms with E-state index in [0.29, 0.717) is 18.0 Å². The second kappa shape index (κ2) is 15.8. The molecule has 0 amide bonds. The van der Waals surface area contributed by atoms with Gasteiger partial charge in [0, 0.05) is 31.3 Å². The van der Waals surface area contributed by atoms with Crippen molar-refractivity contribution in [3.63, 3.8) is 0 Å². The van der Waals surface area contributed by atoms with Crippen molar-refractivity contribution in [2.75, 3.05) is 0 Å². The van der Waals surface area contributed by atoms with Gasteiger partial charge in [-0.1, -0.05) is 84.5 Å². The summed E-state index contributed by atoms with van der Waals surface area (Å²) in [7, 11) is 0. The van der Waals surface area contributed by atoms with Crippen molar-refractivity contribution < 1.29 is 9.13 Å². The maximum Gasteiger partial charge on any atom is 0.245 e. The molecule has 0 aliphatic carbocycles. The lowest BCUT2D eigenvalue weighted by Gasteiger charge is -2.22. The van der Waals surface area contributed by atoms with Crippen LogP contribution in [-0.4, -0.2) is 15.8 Å². The topological polar surface area (TPSA) is 35.0 Å². The molecular formula is C29H45FN2O. The van der Waals surface area contributed by atoms with Crippen molar-refractivity contribution in [2.45, 2.75) is 123 Å². The third-order valence-electron chi connectivity index (χ3n) is 6.19. The van der Waals surface area contributed by atoms with Gasteiger partial charge in [0.2, 0.25) is 5.85 Å². The molecule has 33 heavy (non-hydrogen) atoms. The largest absolute Gasteiger partial charge is 0.458 e. The number of benzene rings is 1. The Hall–Kier alpha value is -1.97. The van der Waals surface area contributed by atoms with Crippen LogP contribution in [0.4, 0.5) is 4.39 Å². The normalized spacial score (nSPS) is 13.1. The van der Waals surface area contributed by atoms with Crippen LogP contribution in [0, 0.1) is 0 Å². The van der Waals surface area contributed by atoms with Crippen LogP contribution in [0.25, 0.3) is 11.4 Å². The lowest BCUT2D eigenvalue weighted by Crippen LogP contribution is -2.26. The zero-order valence-electron chi connectivity index (χ0n) is 21.3. The lowest BCUT2D eigenvalue weighted by atomic mass is 10.1. The Morgan fingerprint density at radius 1 is 0.727 bits per heavy atom. The predicted octanol–water partition coefficient (Wildman–Crippen LogP) is 9.25. The third-order valence-corrected chi connectivity index (χ3v) is 6.19. The molecule has 1 heterocycles. The van der Waals surface area contributed by atoms with Crippen LogP contribution in [0.15, 0.2) is 36.7 Å². The molecule has 0 fully saturated rings. The van der Waals surface area contributed by atoms with Gasteiger partial charge >= 0.3 is 0 Å². The standard InChI is InChI=1S/C29H45FN2O/c1-4-6-8-10-11-12-13-15-17-25-23-31-28(32-24-25)26-18-20-27(21-19-26)33-29(3,30)22-16-14-9-7-5-2/h18-21,23-24H,4-17,22H2,1-3H3. The van der Waals surface area contributed by atoms with Crippen LogP contribution < -0.4 is 4.74 Å². The van der Waals surface area contributed by atoms with Crippen molar-refractivity contribution in [1.82, 2.24) is 9.97 Å². The van der Waals surface area contributed by atoms with Gasteiger partial charge in [-0.2, -0.15) is 4.39 Å². The molecule has 1 aromatic carbocycles. The average molecular weight is 457 g/mol. The number of rotatable bonds is 18. The molecule has 4 heteroatoms. The number of hydrogen-bond acceptors (Lipinski definition) is 3. The van der Waals surface area contributed by atoms with Gasteiger partial charge in [-0.15, -0.1) is 0 Å². The SMILES string of the molecule is CCCCCCCCCCc1cnc(-c2ccc(OC(C)(F)CCCCCCC)cc2)nc1. The molecule has 0 N–H and O–H groups in total. The summed E-state index contributed by atoms with van der Waals surface area (Å²) in [5.74, 6) is -0.398.